The lowest BCUT2D eigenvalue weighted by molar-refractivity contribution is -0.242. The maximum Gasteiger partial charge on any atom is 0.370 e. The van der Waals surface area contributed by atoms with Crippen molar-refractivity contribution in [2.75, 3.05) is 0 Å². The van der Waals surface area contributed by atoms with Gasteiger partial charge in [0.05, 0.1) is 0 Å². The topological polar surface area (TPSA) is 66.8 Å². The SMILES string of the molecule is CCCCCCCCCCCCCCCCCCC(O)C(=O)OO. The molecule has 1 atom stereocenters. The highest BCUT2D eigenvalue weighted by molar-refractivity contribution is 5.73. The number of aliphatic hydroxyl groups excluding tert-OH is 1. The van der Waals surface area contributed by atoms with Crippen LogP contribution < -0.4 is 0 Å². The van der Waals surface area contributed by atoms with E-state index in [2.05, 4.69) is 11.8 Å². The van der Waals surface area contributed by atoms with Gasteiger partial charge in [-0.25, -0.2) is 4.79 Å². The van der Waals surface area contributed by atoms with Crippen LogP contribution in [0.3, 0.4) is 0 Å². The second-order valence-corrected chi connectivity index (χ2v) is 7.02. The van der Waals surface area contributed by atoms with Crippen molar-refractivity contribution in [1.29, 1.82) is 0 Å². The number of hydrogen-bond donors (Lipinski definition) is 2. The van der Waals surface area contributed by atoms with Gasteiger partial charge in [0.15, 0.2) is 6.10 Å². The van der Waals surface area contributed by atoms with Gasteiger partial charge in [0.1, 0.15) is 0 Å². The van der Waals surface area contributed by atoms with Gasteiger partial charge in [-0.3, -0.25) is 4.89 Å². The van der Waals surface area contributed by atoms with Crippen molar-refractivity contribution in [2.24, 2.45) is 0 Å². The molecular weight excluding hydrogens is 304 g/mol. The molecule has 0 aliphatic rings. The molecule has 0 saturated heterocycles. The van der Waals surface area contributed by atoms with Crippen molar-refractivity contribution in [3.05, 3.63) is 0 Å². The van der Waals surface area contributed by atoms with E-state index in [1.54, 1.807) is 0 Å². The molecule has 0 aromatic rings. The van der Waals surface area contributed by atoms with Gasteiger partial charge in [0.25, 0.3) is 0 Å². The Kier molecular flexibility index (Phi) is 18.2. The van der Waals surface area contributed by atoms with E-state index < -0.39 is 12.1 Å². The first-order valence-electron chi connectivity index (χ1n) is 10.3. The van der Waals surface area contributed by atoms with Gasteiger partial charge in [-0.1, -0.05) is 110 Å². The Bertz CT molecular complexity index is 268. The van der Waals surface area contributed by atoms with E-state index in [1.165, 1.54) is 83.5 Å². The lowest BCUT2D eigenvalue weighted by Gasteiger charge is -2.06. The fourth-order valence-corrected chi connectivity index (χ4v) is 3.06. The fourth-order valence-electron chi connectivity index (χ4n) is 3.06. The van der Waals surface area contributed by atoms with E-state index in [-0.39, 0.29) is 0 Å². The molecule has 144 valence electrons. The zero-order chi connectivity index (χ0) is 17.9. The summed E-state index contributed by atoms with van der Waals surface area (Å²) in [5, 5.41) is 17.4. The summed E-state index contributed by atoms with van der Waals surface area (Å²) < 4.78 is 0. The van der Waals surface area contributed by atoms with Crippen LogP contribution in [0, 0.1) is 0 Å². The zero-order valence-corrected chi connectivity index (χ0v) is 15.8. The molecule has 24 heavy (non-hydrogen) atoms. The first-order chi connectivity index (χ1) is 11.7. The van der Waals surface area contributed by atoms with Crippen LogP contribution in [0.15, 0.2) is 0 Å². The summed E-state index contributed by atoms with van der Waals surface area (Å²) in [4.78, 5) is 14.3. The van der Waals surface area contributed by atoms with Crippen molar-refractivity contribution in [3.63, 3.8) is 0 Å². The van der Waals surface area contributed by atoms with Crippen molar-refractivity contribution < 1.29 is 20.0 Å². The molecule has 2 N–H and O–H groups in total. The molecule has 0 rings (SSSR count). The molecule has 0 spiro atoms. The van der Waals surface area contributed by atoms with Crippen LogP contribution in [-0.4, -0.2) is 22.4 Å². The van der Waals surface area contributed by atoms with E-state index in [4.69, 9.17) is 5.26 Å². The molecule has 1 unspecified atom stereocenters. The minimum absolute atomic E-state index is 0.373. The lowest BCUT2D eigenvalue weighted by Crippen LogP contribution is -2.21. The van der Waals surface area contributed by atoms with Crippen LogP contribution in [0.5, 0.6) is 0 Å². The summed E-state index contributed by atoms with van der Waals surface area (Å²) in [6.07, 6.45) is 20.0. The molecule has 0 saturated carbocycles. The van der Waals surface area contributed by atoms with Crippen LogP contribution in [-0.2, 0) is 9.68 Å². The van der Waals surface area contributed by atoms with Crippen LogP contribution in [0.2, 0.25) is 0 Å². The molecule has 0 aliphatic heterocycles. The largest absolute Gasteiger partial charge is 0.381 e. The van der Waals surface area contributed by atoms with Gasteiger partial charge < -0.3 is 5.11 Å². The summed E-state index contributed by atoms with van der Waals surface area (Å²) >= 11 is 0. The smallest absolute Gasteiger partial charge is 0.370 e. The van der Waals surface area contributed by atoms with Gasteiger partial charge in [0.2, 0.25) is 0 Å². The van der Waals surface area contributed by atoms with E-state index in [0.717, 1.165) is 19.3 Å². The van der Waals surface area contributed by atoms with Crippen molar-refractivity contribution in [2.45, 2.75) is 122 Å². The molecule has 0 aromatic carbocycles. The van der Waals surface area contributed by atoms with Gasteiger partial charge >= 0.3 is 5.97 Å². The third kappa shape index (κ3) is 16.3. The molecule has 0 fully saturated rings. The minimum Gasteiger partial charge on any atom is -0.381 e. The second-order valence-electron chi connectivity index (χ2n) is 7.02. The predicted molar refractivity (Wildman–Crippen MR) is 98.9 cm³/mol. The average Bonchev–Trinajstić information content (AvgIpc) is 2.60. The van der Waals surface area contributed by atoms with Crippen LogP contribution in [0.1, 0.15) is 116 Å². The third-order valence-electron chi connectivity index (χ3n) is 4.69. The summed E-state index contributed by atoms with van der Waals surface area (Å²) in [5.74, 6) is -0.948. The minimum atomic E-state index is -1.18. The van der Waals surface area contributed by atoms with Crippen molar-refractivity contribution in [1.82, 2.24) is 0 Å². The predicted octanol–water partition coefficient (Wildman–Crippen LogP) is 6.02. The molecular formula is C20H40O4. The summed E-state index contributed by atoms with van der Waals surface area (Å²) in [6, 6.07) is 0. The Morgan fingerprint density at radius 2 is 1.04 bits per heavy atom. The zero-order valence-electron chi connectivity index (χ0n) is 15.8. The Labute approximate surface area is 148 Å². The van der Waals surface area contributed by atoms with E-state index >= 15 is 0 Å². The van der Waals surface area contributed by atoms with Crippen LogP contribution >= 0.6 is 0 Å². The van der Waals surface area contributed by atoms with Gasteiger partial charge in [0, 0.05) is 0 Å². The Morgan fingerprint density at radius 3 is 1.38 bits per heavy atom. The van der Waals surface area contributed by atoms with E-state index in [1.807, 2.05) is 0 Å². The number of hydrogen-bond acceptors (Lipinski definition) is 4. The average molecular weight is 345 g/mol. The maximum absolute atomic E-state index is 10.8. The Morgan fingerprint density at radius 1 is 0.708 bits per heavy atom. The van der Waals surface area contributed by atoms with Crippen LogP contribution in [0.4, 0.5) is 0 Å². The maximum atomic E-state index is 10.8. The lowest BCUT2D eigenvalue weighted by atomic mass is 10.0. The summed E-state index contributed by atoms with van der Waals surface area (Å²) in [5.41, 5.74) is 0. The monoisotopic (exact) mass is 344 g/mol. The molecule has 0 bridgehead atoms. The number of carbonyl (C=O) groups is 1. The van der Waals surface area contributed by atoms with Crippen LogP contribution in [0.25, 0.3) is 0 Å². The Hall–Kier alpha value is -0.610. The molecule has 4 nitrogen and oxygen atoms in total. The molecule has 4 heteroatoms. The highest BCUT2D eigenvalue weighted by Gasteiger charge is 2.15. The molecule has 0 aromatic heterocycles. The highest BCUT2D eigenvalue weighted by Crippen LogP contribution is 2.14. The van der Waals surface area contributed by atoms with Crippen molar-refractivity contribution >= 4 is 5.97 Å². The molecule has 0 heterocycles. The summed E-state index contributed by atoms with van der Waals surface area (Å²) in [7, 11) is 0. The first kappa shape index (κ1) is 23.4. The number of rotatable bonds is 18. The fraction of sp³-hybridized carbons (Fsp3) is 0.950. The quantitative estimate of drug-likeness (QED) is 0.181. The van der Waals surface area contributed by atoms with Crippen molar-refractivity contribution in [3.8, 4) is 0 Å². The number of unbranched alkanes of at least 4 members (excludes halogenated alkanes) is 15. The van der Waals surface area contributed by atoms with Gasteiger partial charge in [-0.15, -0.1) is 0 Å². The first-order valence-corrected chi connectivity index (χ1v) is 10.3. The van der Waals surface area contributed by atoms with Gasteiger partial charge in [-0.05, 0) is 6.42 Å². The molecule has 0 radical (unpaired) electrons. The number of aliphatic hydroxyl groups is 1. The highest BCUT2D eigenvalue weighted by atomic mass is 17.1. The second kappa shape index (κ2) is 18.7. The third-order valence-corrected chi connectivity index (χ3v) is 4.69. The van der Waals surface area contributed by atoms with Gasteiger partial charge in [-0.2, -0.15) is 5.26 Å². The Balaban J connectivity index is 3.09. The normalized spacial score (nSPS) is 12.3. The van der Waals surface area contributed by atoms with E-state index in [0.29, 0.717) is 6.42 Å². The molecule has 0 aliphatic carbocycles. The molecule has 0 amide bonds. The summed E-state index contributed by atoms with van der Waals surface area (Å²) in [6.45, 7) is 2.27. The number of carbonyl (C=O) groups excluding carboxylic acids is 1. The van der Waals surface area contributed by atoms with E-state index in [9.17, 15) is 9.90 Å². The standard InChI is InChI=1S/C20H40O4/c1-2-3-4-5-6-7-8-9-10-11-12-13-14-15-16-17-18-19(21)20(22)24-23/h19,21,23H,2-18H2,1H3.